The fourth-order valence-corrected chi connectivity index (χ4v) is 4.09. The summed E-state index contributed by atoms with van der Waals surface area (Å²) in [6.07, 6.45) is -13.3. The van der Waals surface area contributed by atoms with Gasteiger partial charge in [-0.15, -0.1) is 0 Å². The van der Waals surface area contributed by atoms with E-state index in [4.69, 9.17) is 29.8 Å². The zero-order chi connectivity index (χ0) is 26.7. The van der Waals surface area contributed by atoms with E-state index in [0.29, 0.717) is 0 Å². The number of aliphatic carboxylic acids is 1. The maximum atomic E-state index is 12.4. The van der Waals surface area contributed by atoms with E-state index in [2.05, 4.69) is 5.32 Å². The first-order valence-corrected chi connectivity index (χ1v) is 10.9. The molecule has 1 aromatic carbocycles. The molecule has 2 heterocycles. The van der Waals surface area contributed by atoms with Gasteiger partial charge in [-0.25, -0.2) is 9.59 Å². The first-order valence-electron chi connectivity index (χ1n) is 10.9. The van der Waals surface area contributed by atoms with Crippen LogP contribution in [0.5, 0.6) is 5.75 Å². The number of rotatable bonds is 8. The summed E-state index contributed by atoms with van der Waals surface area (Å²) in [5.74, 6) is -3.89. The fraction of sp³-hybridized carbons (Fsp3) is 0.619. The number of phenols is 1. The van der Waals surface area contributed by atoms with E-state index in [1.165, 1.54) is 25.2 Å². The standard InChI is InChI=1S/C21H30N2O13/c1-23-12-9(5-34-21-16(28)14(26)15(27)17(36-21)18(29)30)13(25)11(35-20(12)32)6-33-19(31)8-4-7(22)2-3-10(8)24/h2-4,9,11-17,20-21,23-28,32H,5-6,22H2,1H3,(H,29,30)/t9-,11?,12?,13-,14+,15-,16?,17?,20-,21-/m1/s1. The van der Waals surface area contributed by atoms with Crippen molar-refractivity contribution in [3.8, 4) is 5.75 Å². The number of nitrogens with one attached hydrogen (secondary N) is 1. The molecule has 0 saturated carbocycles. The molecule has 10 N–H and O–H groups in total. The van der Waals surface area contributed by atoms with Crippen molar-refractivity contribution in [3.05, 3.63) is 23.8 Å². The Balaban J connectivity index is 1.67. The number of aliphatic hydroxyl groups excluding tert-OH is 5. The van der Waals surface area contributed by atoms with Crippen molar-refractivity contribution in [1.82, 2.24) is 5.32 Å². The molecule has 2 aliphatic heterocycles. The van der Waals surface area contributed by atoms with Gasteiger partial charge in [0.05, 0.1) is 18.8 Å². The number of carbonyl (C=O) groups is 2. The number of carbonyl (C=O) groups excluding carboxylic acids is 1. The fourth-order valence-electron chi connectivity index (χ4n) is 4.09. The minimum Gasteiger partial charge on any atom is -0.507 e. The molecule has 36 heavy (non-hydrogen) atoms. The highest BCUT2D eigenvalue weighted by Gasteiger charge is 2.49. The van der Waals surface area contributed by atoms with Crippen LogP contribution in [0, 0.1) is 5.92 Å². The maximum absolute atomic E-state index is 12.4. The SMILES string of the molecule is CNC1[C@H](O)OC(COC(=O)c2cc(N)ccc2O)[C@H](O)[C@@H]1CO[C@@H]1OC(C(=O)O)[C@H](O)[C@H](O)C1O. The number of ether oxygens (including phenoxy) is 4. The van der Waals surface area contributed by atoms with Crippen molar-refractivity contribution in [1.29, 1.82) is 0 Å². The van der Waals surface area contributed by atoms with Crippen LogP contribution in [0.3, 0.4) is 0 Å². The number of phenolic OH excluding ortho intramolecular Hbond substituents is 1. The predicted octanol–water partition coefficient (Wildman–Crippen LogP) is -3.68. The number of nitrogen functional groups attached to an aromatic ring is 1. The number of nitrogens with two attached hydrogens (primary N) is 1. The number of anilines is 1. The molecule has 10 atom stereocenters. The molecule has 15 nitrogen and oxygen atoms in total. The van der Waals surface area contributed by atoms with Gasteiger partial charge < -0.3 is 65.7 Å². The van der Waals surface area contributed by atoms with E-state index in [1.807, 2.05) is 0 Å². The Morgan fingerprint density at radius 3 is 2.36 bits per heavy atom. The van der Waals surface area contributed by atoms with E-state index >= 15 is 0 Å². The molecule has 2 fully saturated rings. The van der Waals surface area contributed by atoms with Crippen LogP contribution in [0.15, 0.2) is 18.2 Å². The maximum Gasteiger partial charge on any atom is 0.342 e. The molecule has 0 radical (unpaired) electrons. The summed E-state index contributed by atoms with van der Waals surface area (Å²) in [4.78, 5) is 23.6. The molecule has 0 amide bonds. The van der Waals surface area contributed by atoms with E-state index in [9.17, 15) is 40.2 Å². The van der Waals surface area contributed by atoms with Gasteiger partial charge in [0.25, 0.3) is 0 Å². The third-order valence-corrected chi connectivity index (χ3v) is 6.12. The highest BCUT2D eigenvalue weighted by atomic mass is 16.7. The molecule has 1 aromatic rings. The van der Waals surface area contributed by atoms with Gasteiger partial charge in [-0.3, -0.25) is 0 Å². The Hall–Kier alpha value is -2.60. The van der Waals surface area contributed by atoms with Gasteiger partial charge >= 0.3 is 11.9 Å². The molecule has 2 saturated heterocycles. The summed E-state index contributed by atoms with van der Waals surface area (Å²) < 4.78 is 21.0. The number of aromatic hydroxyl groups is 1. The molecule has 0 spiro atoms. The lowest BCUT2D eigenvalue weighted by atomic mass is 9.87. The highest BCUT2D eigenvalue weighted by molar-refractivity contribution is 5.93. The number of benzene rings is 1. The third-order valence-electron chi connectivity index (χ3n) is 6.12. The highest BCUT2D eigenvalue weighted by Crippen LogP contribution is 2.29. The van der Waals surface area contributed by atoms with Crippen LogP contribution in [0.25, 0.3) is 0 Å². The average Bonchev–Trinajstić information content (AvgIpc) is 2.83. The molecule has 3 rings (SSSR count). The van der Waals surface area contributed by atoms with Crippen LogP contribution in [0.4, 0.5) is 5.69 Å². The summed E-state index contributed by atoms with van der Waals surface area (Å²) in [7, 11) is 1.46. The summed E-state index contributed by atoms with van der Waals surface area (Å²) in [5.41, 5.74) is 5.60. The van der Waals surface area contributed by atoms with Crippen LogP contribution >= 0.6 is 0 Å². The van der Waals surface area contributed by atoms with Crippen LogP contribution in [0.2, 0.25) is 0 Å². The summed E-state index contributed by atoms with van der Waals surface area (Å²) in [6.45, 7) is -0.975. The Morgan fingerprint density at radius 2 is 1.72 bits per heavy atom. The lowest BCUT2D eigenvalue weighted by molar-refractivity contribution is -0.305. The number of carboxylic acid groups (broad SMARTS) is 1. The summed E-state index contributed by atoms with van der Waals surface area (Å²) in [6, 6.07) is 2.86. The molecule has 202 valence electrons. The van der Waals surface area contributed by atoms with Crippen molar-refractivity contribution in [2.45, 2.75) is 55.2 Å². The van der Waals surface area contributed by atoms with Crippen molar-refractivity contribution in [2.75, 3.05) is 26.0 Å². The number of aliphatic hydroxyl groups is 5. The largest absolute Gasteiger partial charge is 0.507 e. The van der Waals surface area contributed by atoms with Crippen molar-refractivity contribution < 1.29 is 64.3 Å². The summed E-state index contributed by atoms with van der Waals surface area (Å²) in [5, 5.41) is 72.9. The van der Waals surface area contributed by atoms with Gasteiger partial charge in [-0.2, -0.15) is 0 Å². The zero-order valence-corrected chi connectivity index (χ0v) is 19.1. The molecule has 0 aliphatic carbocycles. The molecule has 2 aliphatic rings. The smallest absolute Gasteiger partial charge is 0.342 e. The van der Waals surface area contributed by atoms with E-state index in [-0.39, 0.29) is 17.0 Å². The number of esters is 1. The number of hydrogen-bond donors (Lipinski definition) is 9. The first-order chi connectivity index (χ1) is 17.0. The number of likely N-dealkylation sites (N-methyl/N-ethyl adjacent to an activating group) is 1. The quantitative estimate of drug-likeness (QED) is 0.0913. The van der Waals surface area contributed by atoms with Crippen LogP contribution in [0.1, 0.15) is 10.4 Å². The van der Waals surface area contributed by atoms with Gasteiger partial charge in [0.1, 0.15) is 42.3 Å². The summed E-state index contributed by atoms with van der Waals surface area (Å²) >= 11 is 0. The molecule has 4 unspecified atom stereocenters. The molecule has 15 heteroatoms. The Kier molecular flexibility index (Phi) is 9.04. The Morgan fingerprint density at radius 1 is 1.03 bits per heavy atom. The van der Waals surface area contributed by atoms with Gasteiger partial charge in [-0.05, 0) is 25.2 Å². The second-order valence-electron chi connectivity index (χ2n) is 8.48. The topological polar surface area (TPSA) is 251 Å². The van der Waals surface area contributed by atoms with Crippen LogP contribution < -0.4 is 11.1 Å². The first kappa shape index (κ1) is 28.0. The second-order valence-corrected chi connectivity index (χ2v) is 8.48. The van der Waals surface area contributed by atoms with Crippen molar-refractivity contribution in [3.63, 3.8) is 0 Å². The third kappa shape index (κ3) is 5.86. The Bertz CT molecular complexity index is 933. The van der Waals surface area contributed by atoms with Gasteiger partial charge in [0.15, 0.2) is 18.7 Å². The molecular weight excluding hydrogens is 488 g/mol. The van der Waals surface area contributed by atoms with E-state index in [1.54, 1.807) is 0 Å². The van der Waals surface area contributed by atoms with E-state index < -0.39 is 86.3 Å². The monoisotopic (exact) mass is 518 g/mol. The normalized spacial score (nSPS) is 36.8. The number of hydrogen-bond acceptors (Lipinski definition) is 14. The van der Waals surface area contributed by atoms with Crippen LogP contribution in [-0.4, -0.2) is 123 Å². The predicted molar refractivity (Wildman–Crippen MR) is 116 cm³/mol. The van der Waals surface area contributed by atoms with Gasteiger partial charge in [0.2, 0.25) is 0 Å². The minimum absolute atomic E-state index is 0.202. The van der Waals surface area contributed by atoms with E-state index in [0.717, 1.165) is 0 Å². The lowest BCUT2D eigenvalue weighted by Gasteiger charge is -2.44. The van der Waals surface area contributed by atoms with Gasteiger partial charge in [-0.1, -0.05) is 0 Å². The molecular formula is C21H30N2O13. The second kappa shape index (κ2) is 11.6. The van der Waals surface area contributed by atoms with Crippen LogP contribution in [-0.2, 0) is 23.7 Å². The van der Waals surface area contributed by atoms with Crippen molar-refractivity contribution in [2.24, 2.45) is 5.92 Å². The minimum atomic E-state index is -1.91. The molecule has 0 bridgehead atoms. The average molecular weight is 518 g/mol. The van der Waals surface area contributed by atoms with Gasteiger partial charge in [0, 0.05) is 11.6 Å². The molecule has 0 aromatic heterocycles. The zero-order valence-electron chi connectivity index (χ0n) is 19.1. The van der Waals surface area contributed by atoms with Crippen molar-refractivity contribution >= 4 is 17.6 Å². The lowest BCUT2D eigenvalue weighted by Crippen LogP contribution is -2.63. The number of carboxylic acids is 1. The Labute approximate surface area is 204 Å².